The number of halogens is 1. The van der Waals surface area contributed by atoms with E-state index in [1.807, 2.05) is 6.07 Å². The minimum absolute atomic E-state index is 0.644. The van der Waals surface area contributed by atoms with Gasteiger partial charge >= 0.3 is 0 Å². The predicted octanol–water partition coefficient (Wildman–Crippen LogP) is 3.51. The third-order valence-corrected chi connectivity index (χ3v) is 4.61. The number of nitrogen functional groups attached to an aromatic ring is 1. The van der Waals surface area contributed by atoms with Crippen LogP contribution >= 0.6 is 27.3 Å². The smallest absolute Gasteiger partial charge is 0.188 e. The van der Waals surface area contributed by atoms with E-state index in [1.54, 1.807) is 17.5 Å². The average molecular weight is 325 g/mol. The Kier molecular flexibility index (Phi) is 3.22. The van der Waals surface area contributed by atoms with E-state index in [2.05, 4.69) is 31.2 Å². The molecule has 2 heterocycles. The number of nitrogens with zero attached hydrogens (tertiary/aromatic N) is 2. The maximum Gasteiger partial charge on any atom is 0.188 e. The van der Waals surface area contributed by atoms with E-state index >= 15 is 0 Å². The van der Waals surface area contributed by atoms with E-state index in [4.69, 9.17) is 5.73 Å². The molecule has 0 saturated heterocycles. The van der Waals surface area contributed by atoms with Gasteiger partial charge in [-0.15, -0.1) is 11.3 Å². The van der Waals surface area contributed by atoms with Gasteiger partial charge in [-0.05, 0) is 47.7 Å². The lowest BCUT2D eigenvalue weighted by Crippen LogP contribution is -1.99. The molecule has 0 atom stereocenters. The maximum absolute atomic E-state index is 5.67. The quantitative estimate of drug-likeness (QED) is 0.887. The second-order valence-electron chi connectivity index (χ2n) is 4.32. The first-order chi connectivity index (χ1) is 8.72. The molecule has 0 bridgehead atoms. The lowest BCUT2D eigenvalue weighted by molar-refractivity contribution is 0.683. The summed E-state index contributed by atoms with van der Waals surface area (Å²) in [5.74, 6) is 0.760. The van der Waals surface area contributed by atoms with Gasteiger partial charge in [-0.2, -0.15) is 0 Å². The van der Waals surface area contributed by atoms with Gasteiger partial charge in [-0.3, -0.25) is 0 Å². The third kappa shape index (κ3) is 2.35. The Morgan fingerprint density at radius 2 is 2.17 bits per heavy atom. The Morgan fingerprint density at radius 3 is 2.94 bits per heavy atom. The van der Waals surface area contributed by atoms with Crippen molar-refractivity contribution in [3.05, 3.63) is 27.3 Å². The molecule has 0 aliphatic heterocycles. The molecule has 4 nitrogen and oxygen atoms in total. The average Bonchev–Trinajstić information content (AvgIpc) is 2.75. The summed E-state index contributed by atoms with van der Waals surface area (Å²) in [7, 11) is 0. The van der Waals surface area contributed by atoms with Crippen molar-refractivity contribution in [2.45, 2.75) is 25.7 Å². The summed E-state index contributed by atoms with van der Waals surface area (Å²) in [4.78, 5) is 10.3. The van der Waals surface area contributed by atoms with Gasteiger partial charge in [0.05, 0.1) is 22.1 Å². The number of hydrogen-bond acceptors (Lipinski definition) is 5. The number of aryl methyl sites for hydroxylation is 2. The molecule has 3 rings (SSSR count). The van der Waals surface area contributed by atoms with E-state index < -0.39 is 0 Å². The zero-order chi connectivity index (χ0) is 12.5. The number of anilines is 3. The maximum atomic E-state index is 5.67. The van der Waals surface area contributed by atoms with Crippen molar-refractivity contribution in [1.29, 1.82) is 0 Å². The van der Waals surface area contributed by atoms with Crippen LogP contribution in [-0.2, 0) is 12.8 Å². The lowest BCUT2D eigenvalue weighted by Gasteiger charge is -2.06. The van der Waals surface area contributed by atoms with Crippen molar-refractivity contribution >= 4 is 43.9 Å². The molecule has 0 aromatic carbocycles. The Bertz CT molecular complexity index is 558. The highest BCUT2D eigenvalue weighted by atomic mass is 79.9. The third-order valence-electron chi connectivity index (χ3n) is 2.93. The molecule has 6 heteroatoms. The highest BCUT2D eigenvalue weighted by Crippen LogP contribution is 2.32. The summed E-state index contributed by atoms with van der Waals surface area (Å²) in [6.07, 6.45) is 6.42. The molecule has 0 unspecified atom stereocenters. The van der Waals surface area contributed by atoms with Crippen LogP contribution in [0.2, 0.25) is 0 Å². The van der Waals surface area contributed by atoms with Gasteiger partial charge < -0.3 is 11.1 Å². The van der Waals surface area contributed by atoms with Gasteiger partial charge in [0.25, 0.3) is 0 Å². The number of aromatic nitrogens is 2. The van der Waals surface area contributed by atoms with Crippen LogP contribution in [0.25, 0.3) is 0 Å². The van der Waals surface area contributed by atoms with E-state index in [9.17, 15) is 0 Å². The van der Waals surface area contributed by atoms with Gasteiger partial charge in [-0.25, -0.2) is 9.97 Å². The van der Waals surface area contributed by atoms with Crippen LogP contribution < -0.4 is 11.1 Å². The number of rotatable bonds is 2. The molecule has 0 spiro atoms. The molecular weight excluding hydrogens is 312 g/mol. The minimum atomic E-state index is 0.644. The number of hydrogen-bond donors (Lipinski definition) is 2. The molecule has 2 aromatic heterocycles. The van der Waals surface area contributed by atoms with Gasteiger partial charge in [0.15, 0.2) is 5.13 Å². The number of thiazole rings is 1. The van der Waals surface area contributed by atoms with E-state index in [-0.39, 0.29) is 0 Å². The fourth-order valence-electron chi connectivity index (χ4n) is 2.05. The normalized spacial score (nSPS) is 14.3. The molecule has 3 N–H and O–H groups in total. The van der Waals surface area contributed by atoms with Crippen LogP contribution in [0.15, 0.2) is 16.7 Å². The molecule has 1 aliphatic carbocycles. The zero-order valence-electron chi connectivity index (χ0n) is 9.74. The summed E-state index contributed by atoms with van der Waals surface area (Å²) in [6.45, 7) is 0. The van der Waals surface area contributed by atoms with Crippen LogP contribution in [-0.4, -0.2) is 9.97 Å². The first-order valence-corrected chi connectivity index (χ1v) is 7.50. The van der Waals surface area contributed by atoms with Crippen molar-refractivity contribution in [2.75, 3.05) is 11.1 Å². The van der Waals surface area contributed by atoms with Crippen LogP contribution in [0.4, 0.5) is 16.6 Å². The largest absolute Gasteiger partial charge is 0.397 e. The van der Waals surface area contributed by atoms with Crippen molar-refractivity contribution in [2.24, 2.45) is 0 Å². The fraction of sp³-hybridized carbons (Fsp3) is 0.333. The fourth-order valence-corrected chi connectivity index (χ4v) is 3.57. The van der Waals surface area contributed by atoms with E-state index in [0.717, 1.165) is 28.3 Å². The van der Waals surface area contributed by atoms with Crippen molar-refractivity contribution in [1.82, 2.24) is 9.97 Å². The molecule has 94 valence electrons. The monoisotopic (exact) mass is 324 g/mol. The highest BCUT2D eigenvalue weighted by molar-refractivity contribution is 9.10. The lowest BCUT2D eigenvalue weighted by atomic mass is 10.0. The topological polar surface area (TPSA) is 63.8 Å². The summed E-state index contributed by atoms with van der Waals surface area (Å²) >= 11 is 5.18. The number of pyridine rings is 1. The Balaban J connectivity index is 1.85. The Morgan fingerprint density at radius 1 is 1.33 bits per heavy atom. The number of fused-ring (bicyclic) bond motifs is 1. The van der Waals surface area contributed by atoms with Crippen molar-refractivity contribution in [3.8, 4) is 0 Å². The molecule has 0 radical (unpaired) electrons. The Hall–Kier alpha value is -1.14. The van der Waals surface area contributed by atoms with Gasteiger partial charge in [-0.1, -0.05) is 0 Å². The van der Waals surface area contributed by atoms with Crippen LogP contribution in [0.5, 0.6) is 0 Å². The number of nitrogens with two attached hydrogens (primary N) is 1. The van der Waals surface area contributed by atoms with Crippen LogP contribution in [0.3, 0.4) is 0 Å². The first kappa shape index (κ1) is 11.9. The first-order valence-electron chi connectivity index (χ1n) is 5.89. The number of nitrogens with one attached hydrogen (secondary N) is 1. The van der Waals surface area contributed by atoms with E-state index in [0.29, 0.717) is 5.69 Å². The van der Waals surface area contributed by atoms with E-state index in [1.165, 1.54) is 23.4 Å². The van der Waals surface area contributed by atoms with Gasteiger partial charge in [0.1, 0.15) is 5.82 Å². The molecule has 1 aliphatic rings. The van der Waals surface area contributed by atoms with Crippen LogP contribution in [0.1, 0.15) is 23.4 Å². The molecule has 0 saturated carbocycles. The highest BCUT2D eigenvalue weighted by Gasteiger charge is 2.15. The minimum Gasteiger partial charge on any atom is -0.397 e. The molecule has 2 aromatic rings. The second-order valence-corrected chi connectivity index (χ2v) is 6.26. The zero-order valence-corrected chi connectivity index (χ0v) is 12.1. The predicted molar refractivity (Wildman–Crippen MR) is 78.4 cm³/mol. The molecule has 18 heavy (non-hydrogen) atoms. The van der Waals surface area contributed by atoms with Gasteiger partial charge in [0.2, 0.25) is 0 Å². The van der Waals surface area contributed by atoms with Crippen LogP contribution in [0, 0.1) is 0 Å². The summed E-state index contributed by atoms with van der Waals surface area (Å²) in [5.41, 5.74) is 7.56. The second kappa shape index (κ2) is 4.85. The summed E-state index contributed by atoms with van der Waals surface area (Å²) < 4.78 is 0.857. The van der Waals surface area contributed by atoms with Crippen molar-refractivity contribution < 1.29 is 0 Å². The van der Waals surface area contributed by atoms with Gasteiger partial charge in [0, 0.05) is 4.88 Å². The standard InChI is InChI=1S/C12H13BrN4S/c13-8-5-7(14)6-15-11(8)17-12-16-9-3-1-2-4-10(9)18-12/h5-6H,1-4,14H2,(H,15,16,17). The SMILES string of the molecule is Nc1cnc(Nc2nc3c(s2)CCCC3)c(Br)c1. The van der Waals surface area contributed by atoms with Crippen molar-refractivity contribution in [3.63, 3.8) is 0 Å². The molecule has 0 amide bonds. The Labute approximate surface area is 118 Å². The molecule has 0 fully saturated rings. The summed E-state index contributed by atoms with van der Waals surface area (Å²) in [5, 5.41) is 4.17. The summed E-state index contributed by atoms with van der Waals surface area (Å²) in [6, 6.07) is 1.84. The molecular formula is C12H13BrN4S.